The molecule has 1 aliphatic rings. The molecule has 1 aliphatic heterocycles. The van der Waals surface area contributed by atoms with Gasteiger partial charge in [0.15, 0.2) is 11.5 Å². The normalized spacial score (nSPS) is 16.2. The van der Waals surface area contributed by atoms with Crippen LogP contribution in [0, 0.1) is 0 Å². The molecule has 144 valence electrons. The smallest absolute Gasteiger partial charge is 0.252 e. The van der Waals surface area contributed by atoms with Crippen LogP contribution in [0.25, 0.3) is 10.1 Å². The molecule has 0 saturated heterocycles. The number of aromatic hydroxyl groups is 1. The predicted octanol–water partition coefficient (Wildman–Crippen LogP) is 5.16. The van der Waals surface area contributed by atoms with Gasteiger partial charge in [-0.1, -0.05) is 23.2 Å². The van der Waals surface area contributed by atoms with Crippen LogP contribution < -0.4 is 4.74 Å². The number of thiophene rings is 1. The van der Waals surface area contributed by atoms with E-state index in [-0.39, 0.29) is 23.3 Å². The Morgan fingerprint density at radius 2 is 2.07 bits per heavy atom. The molecule has 2 aromatic carbocycles. The molecule has 1 amide bonds. The third-order valence-electron chi connectivity index (χ3n) is 4.24. The number of carbonyl (C=O) groups excluding carboxylic acids is 1. The number of phenolic OH excluding ortho intramolecular Hbond substituents is 1. The number of rotatable bonds is 3. The maximum atomic E-state index is 12.1. The molecule has 6 nitrogen and oxygen atoms in total. The van der Waals surface area contributed by atoms with E-state index in [0.717, 1.165) is 10.1 Å². The van der Waals surface area contributed by atoms with Crippen molar-refractivity contribution in [3.8, 4) is 11.5 Å². The van der Waals surface area contributed by atoms with Crippen LogP contribution in [0.4, 0.5) is 0 Å². The molecule has 1 N–H and O–H groups in total. The van der Waals surface area contributed by atoms with Gasteiger partial charge in [0, 0.05) is 27.6 Å². The highest BCUT2D eigenvalue weighted by Gasteiger charge is 2.35. The standard InChI is InChI=1S/C19H14Cl2N2O4S/c1-9(24)23-19(10-3-5-13(25)14(7-10)26-2)27-18(22-23)17-16(21)12-8-11(20)4-6-15(12)28-17/h3-8,19,25H,1-2H3. The number of ether oxygens (including phenoxy) is 2. The van der Waals surface area contributed by atoms with Gasteiger partial charge in [0.1, 0.15) is 4.88 Å². The van der Waals surface area contributed by atoms with Crippen molar-refractivity contribution in [3.63, 3.8) is 0 Å². The van der Waals surface area contributed by atoms with Gasteiger partial charge >= 0.3 is 0 Å². The van der Waals surface area contributed by atoms with E-state index in [9.17, 15) is 9.90 Å². The summed E-state index contributed by atoms with van der Waals surface area (Å²) in [4.78, 5) is 12.8. The van der Waals surface area contributed by atoms with E-state index >= 15 is 0 Å². The van der Waals surface area contributed by atoms with Gasteiger partial charge < -0.3 is 14.6 Å². The third kappa shape index (κ3) is 3.15. The number of hydrazone groups is 1. The number of phenols is 1. The summed E-state index contributed by atoms with van der Waals surface area (Å²) < 4.78 is 12.1. The van der Waals surface area contributed by atoms with E-state index in [1.165, 1.54) is 36.4 Å². The second-order valence-electron chi connectivity index (χ2n) is 6.06. The minimum atomic E-state index is -0.799. The molecule has 2 heterocycles. The number of methoxy groups -OCH3 is 1. The number of amides is 1. The van der Waals surface area contributed by atoms with Gasteiger partial charge in [0.2, 0.25) is 12.1 Å². The molecule has 9 heteroatoms. The highest BCUT2D eigenvalue weighted by molar-refractivity contribution is 7.21. The van der Waals surface area contributed by atoms with Gasteiger partial charge in [-0.15, -0.1) is 16.4 Å². The number of hydrogen-bond donors (Lipinski definition) is 1. The quantitative estimate of drug-likeness (QED) is 0.615. The Morgan fingerprint density at radius 3 is 2.79 bits per heavy atom. The number of fused-ring (bicyclic) bond motifs is 1. The lowest BCUT2D eigenvalue weighted by Crippen LogP contribution is -2.25. The van der Waals surface area contributed by atoms with Crippen LogP contribution in [0.1, 0.15) is 23.6 Å². The van der Waals surface area contributed by atoms with Crippen LogP contribution in [-0.4, -0.2) is 29.0 Å². The fourth-order valence-corrected chi connectivity index (χ4v) is 4.48. The topological polar surface area (TPSA) is 71.4 Å². The molecule has 0 saturated carbocycles. The van der Waals surface area contributed by atoms with E-state index in [1.807, 2.05) is 6.07 Å². The van der Waals surface area contributed by atoms with Gasteiger partial charge in [0.25, 0.3) is 5.90 Å². The summed E-state index contributed by atoms with van der Waals surface area (Å²) in [5, 5.41) is 17.2. The molecule has 0 fully saturated rings. The Bertz CT molecular complexity index is 1130. The van der Waals surface area contributed by atoms with Crippen LogP contribution in [-0.2, 0) is 9.53 Å². The first-order valence-corrected chi connectivity index (χ1v) is 9.76. The molecular weight excluding hydrogens is 423 g/mol. The lowest BCUT2D eigenvalue weighted by atomic mass is 10.1. The van der Waals surface area contributed by atoms with Crippen LogP contribution in [0.15, 0.2) is 41.5 Å². The zero-order valence-corrected chi connectivity index (χ0v) is 17.1. The van der Waals surface area contributed by atoms with Crippen LogP contribution in [0.3, 0.4) is 0 Å². The highest BCUT2D eigenvalue weighted by Crippen LogP contribution is 2.41. The molecular formula is C19H14Cl2N2O4S. The van der Waals surface area contributed by atoms with Gasteiger partial charge in [-0.25, -0.2) is 0 Å². The van der Waals surface area contributed by atoms with E-state index in [4.69, 9.17) is 32.7 Å². The van der Waals surface area contributed by atoms with Crippen molar-refractivity contribution in [2.75, 3.05) is 7.11 Å². The fraction of sp³-hybridized carbons (Fsp3) is 0.158. The van der Waals surface area contributed by atoms with E-state index in [2.05, 4.69) is 5.10 Å². The van der Waals surface area contributed by atoms with Crippen molar-refractivity contribution in [3.05, 3.63) is 56.9 Å². The SMILES string of the molecule is COc1cc(C2OC(c3sc4ccc(Cl)cc4c3Cl)=NN2C(C)=O)ccc1O. The lowest BCUT2D eigenvalue weighted by Gasteiger charge is -2.19. The van der Waals surface area contributed by atoms with Crippen molar-refractivity contribution in [2.24, 2.45) is 5.10 Å². The van der Waals surface area contributed by atoms with E-state index in [1.54, 1.807) is 24.3 Å². The van der Waals surface area contributed by atoms with Crippen LogP contribution >= 0.6 is 34.5 Å². The summed E-state index contributed by atoms with van der Waals surface area (Å²) in [6.07, 6.45) is -0.799. The Labute approximate surface area is 174 Å². The first kappa shape index (κ1) is 18.9. The van der Waals surface area contributed by atoms with Gasteiger partial charge in [0.05, 0.1) is 12.1 Å². The number of carbonyl (C=O) groups is 1. The number of benzene rings is 2. The summed E-state index contributed by atoms with van der Waals surface area (Å²) >= 11 is 14.0. The second-order valence-corrected chi connectivity index (χ2v) is 7.92. The van der Waals surface area contributed by atoms with Crippen molar-refractivity contribution in [2.45, 2.75) is 13.2 Å². The van der Waals surface area contributed by atoms with Gasteiger partial charge in [-0.05, 0) is 36.4 Å². The first-order chi connectivity index (χ1) is 13.4. The molecule has 1 atom stereocenters. The average molecular weight is 437 g/mol. The predicted molar refractivity (Wildman–Crippen MR) is 109 cm³/mol. The van der Waals surface area contributed by atoms with Crippen LogP contribution in [0.2, 0.25) is 10.0 Å². The minimum Gasteiger partial charge on any atom is -0.504 e. The van der Waals surface area contributed by atoms with Gasteiger partial charge in [-0.2, -0.15) is 5.01 Å². The fourth-order valence-electron chi connectivity index (χ4n) is 2.90. The zero-order chi connectivity index (χ0) is 20.0. The van der Waals surface area contributed by atoms with Crippen molar-refractivity contribution in [1.29, 1.82) is 0 Å². The monoisotopic (exact) mass is 436 g/mol. The molecule has 4 rings (SSSR count). The first-order valence-electron chi connectivity index (χ1n) is 8.19. The molecule has 0 aliphatic carbocycles. The summed E-state index contributed by atoms with van der Waals surface area (Å²) in [7, 11) is 1.45. The van der Waals surface area contributed by atoms with Gasteiger partial charge in [-0.3, -0.25) is 4.79 Å². The lowest BCUT2D eigenvalue weighted by molar-refractivity contribution is -0.135. The van der Waals surface area contributed by atoms with E-state index in [0.29, 0.717) is 20.5 Å². The molecule has 3 aromatic rings. The maximum absolute atomic E-state index is 12.1. The van der Waals surface area contributed by atoms with Crippen molar-refractivity contribution < 1.29 is 19.4 Å². The molecule has 0 radical (unpaired) electrons. The summed E-state index contributed by atoms with van der Waals surface area (Å²) in [6, 6.07) is 10.1. The second kappa shape index (κ2) is 7.16. The third-order valence-corrected chi connectivity index (χ3v) is 6.14. The summed E-state index contributed by atoms with van der Waals surface area (Å²) in [6.45, 7) is 1.40. The highest BCUT2D eigenvalue weighted by atomic mass is 35.5. The number of hydrogen-bond acceptors (Lipinski definition) is 6. The Kier molecular flexibility index (Phi) is 4.82. The average Bonchev–Trinajstić information content (AvgIpc) is 3.24. The molecule has 0 spiro atoms. The Hall–Kier alpha value is -2.48. The van der Waals surface area contributed by atoms with Crippen LogP contribution in [0.5, 0.6) is 11.5 Å². The maximum Gasteiger partial charge on any atom is 0.252 e. The molecule has 0 bridgehead atoms. The molecule has 28 heavy (non-hydrogen) atoms. The van der Waals surface area contributed by atoms with Crippen molar-refractivity contribution in [1.82, 2.24) is 5.01 Å². The largest absolute Gasteiger partial charge is 0.504 e. The summed E-state index contributed by atoms with van der Waals surface area (Å²) in [5.41, 5.74) is 0.601. The zero-order valence-electron chi connectivity index (χ0n) is 14.8. The number of halogens is 2. The Balaban J connectivity index is 1.75. The van der Waals surface area contributed by atoms with E-state index < -0.39 is 6.23 Å². The number of nitrogens with zero attached hydrogens (tertiary/aromatic N) is 2. The molecule has 1 aromatic heterocycles. The van der Waals surface area contributed by atoms with Crippen molar-refractivity contribution >= 4 is 56.4 Å². The molecule has 1 unspecified atom stereocenters. The summed E-state index contributed by atoms with van der Waals surface area (Å²) in [5.74, 6) is 0.207. The Morgan fingerprint density at radius 1 is 1.29 bits per heavy atom. The minimum absolute atomic E-state index is 0.0100.